The SMILES string of the molecule is O=C(CCCCCCCCCCCC(=O)Oc1ccccc1)Oc1ccccc1. The van der Waals surface area contributed by atoms with E-state index in [1.807, 2.05) is 36.4 Å². The van der Waals surface area contributed by atoms with Crippen molar-refractivity contribution < 1.29 is 19.1 Å². The van der Waals surface area contributed by atoms with E-state index >= 15 is 0 Å². The maximum atomic E-state index is 11.7. The van der Waals surface area contributed by atoms with Gasteiger partial charge in [0.25, 0.3) is 0 Å². The van der Waals surface area contributed by atoms with Gasteiger partial charge in [-0.25, -0.2) is 0 Å². The first-order valence-electron chi connectivity index (χ1n) is 10.8. The van der Waals surface area contributed by atoms with Gasteiger partial charge in [0.05, 0.1) is 0 Å². The third-order valence-corrected chi connectivity index (χ3v) is 4.71. The summed E-state index contributed by atoms with van der Waals surface area (Å²) in [6.07, 6.45) is 10.8. The minimum absolute atomic E-state index is 0.151. The Balaban J connectivity index is 1.35. The van der Waals surface area contributed by atoms with Gasteiger partial charge in [0, 0.05) is 12.8 Å². The highest BCUT2D eigenvalue weighted by atomic mass is 16.5. The number of ether oxygens (including phenoxy) is 2. The van der Waals surface area contributed by atoms with E-state index in [0.29, 0.717) is 24.3 Å². The molecule has 0 aliphatic heterocycles. The molecule has 2 aromatic rings. The minimum atomic E-state index is -0.151. The summed E-state index contributed by atoms with van der Waals surface area (Å²) in [6.45, 7) is 0. The van der Waals surface area contributed by atoms with Crippen molar-refractivity contribution in [2.75, 3.05) is 0 Å². The van der Waals surface area contributed by atoms with Crippen LogP contribution in [0.5, 0.6) is 11.5 Å². The third-order valence-electron chi connectivity index (χ3n) is 4.71. The summed E-state index contributed by atoms with van der Waals surface area (Å²) in [4.78, 5) is 23.5. The first-order valence-corrected chi connectivity index (χ1v) is 10.8. The number of carbonyl (C=O) groups excluding carboxylic acids is 2. The lowest BCUT2D eigenvalue weighted by Crippen LogP contribution is -2.07. The highest BCUT2D eigenvalue weighted by Crippen LogP contribution is 2.14. The summed E-state index contributed by atoms with van der Waals surface area (Å²) >= 11 is 0. The van der Waals surface area contributed by atoms with Crippen LogP contribution in [0.3, 0.4) is 0 Å². The number of hydrogen-bond donors (Lipinski definition) is 0. The first-order chi connectivity index (χ1) is 14.2. The lowest BCUT2D eigenvalue weighted by atomic mass is 10.1. The molecular weight excluding hydrogens is 364 g/mol. The molecular formula is C25H32O4. The van der Waals surface area contributed by atoms with Crippen LogP contribution in [-0.2, 0) is 9.59 Å². The number of esters is 2. The van der Waals surface area contributed by atoms with Gasteiger partial charge in [-0.05, 0) is 37.1 Å². The monoisotopic (exact) mass is 396 g/mol. The molecule has 4 heteroatoms. The fourth-order valence-corrected chi connectivity index (χ4v) is 3.12. The van der Waals surface area contributed by atoms with Crippen LogP contribution in [0.4, 0.5) is 0 Å². The predicted molar refractivity (Wildman–Crippen MR) is 115 cm³/mol. The highest BCUT2D eigenvalue weighted by molar-refractivity contribution is 5.72. The second-order valence-electron chi connectivity index (χ2n) is 7.26. The summed E-state index contributed by atoms with van der Waals surface area (Å²) < 4.78 is 10.6. The standard InChI is InChI=1S/C25H32O4/c26-24(28-22-16-10-8-11-17-22)20-14-6-4-2-1-3-5-7-15-21-25(27)29-23-18-12-9-13-19-23/h8-13,16-19H,1-7,14-15,20-21H2. The summed E-state index contributed by atoms with van der Waals surface area (Å²) in [6, 6.07) is 18.4. The van der Waals surface area contributed by atoms with E-state index in [4.69, 9.17) is 9.47 Å². The van der Waals surface area contributed by atoms with Gasteiger partial charge < -0.3 is 9.47 Å². The molecule has 156 valence electrons. The van der Waals surface area contributed by atoms with E-state index < -0.39 is 0 Å². The van der Waals surface area contributed by atoms with Gasteiger partial charge in [0.2, 0.25) is 0 Å². The molecule has 0 aromatic heterocycles. The average Bonchev–Trinajstić information content (AvgIpc) is 2.73. The molecule has 0 heterocycles. The lowest BCUT2D eigenvalue weighted by molar-refractivity contribution is -0.135. The normalized spacial score (nSPS) is 10.5. The van der Waals surface area contributed by atoms with Crippen molar-refractivity contribution in [1.29, 1.82) is 0 Å². The molecule has 0 amide bonds. The molecule has 0 bridgehead atoms. The van der Waals surface area contributed by atoms with Gasteiger partial charge in [-0.1, -0.05) is 81.3 Å². The fraction of sp³-hybridized carbons (Fsp3) is 0.440. The summed E-state index contributed by atoms with van der Waals surface area (Å²) in [5, 5.41) is 0. The second-order valence-corrected chi connectivity index (χ2v) is 7.26. The van der Waals surface area contributed by atoms with Gasteiger partial charge >= 0.3 is 11.9 Å². The molecule has 0 fully saturated rings. The molecule has 0 spiro atoms. The molecule has 29 heavy (non-hydrogen) atoms. The smallest absolute Gasteiger partial charge is 0.311 e. The zero-order valence-corrected chi connectivity index (χ0v) is 17.2. The van der Waals surface area contributed by atoms with Crippen LogP contribution in [0, 0.1) is 0 Å². The first kappa shape index (κ1) is 22.7. The summed E-state index contributed by atoms with van der Waals surface area (Å²) in [7, 11) is 0. The number of rotatable bonds is 14. The highest BCUT2D eigenvalue weighted by Gasteiger charge is 2.05. The van der Waals surface area contributed by atoms with Crippen molar-refractivity contribution >= 4 is 11.9 Å². The molecule has 0 saturated heterocycles. The summed E-state index contributed by atoms with van der Waals surface area (Å²) in [5.74, 6) is 0.931. The quantitative estimate of drug-likeness (QED) is 0.208. The zero-order valence-electron chi connectivity index (χ0n) is 17.2. The number of hydrogen-bond acceptors (Lipinski definition) is 4. The van der Waals surface area contributed by atoms with Crippen molar-refractivity contribution in [1.82, 2.24) is 0 Å². The summed E-state index contributed by atoms with van der Waals surface area (Å²) in [5.41, 5.74) is 0. The van der Waals surface area contributed by atoms with Gasteiger partial charge in [-0.15, -0.1) is 0 Å². The second kappa shape index (κ2) is 14.4. The van der Waals surface area contributed by atoms with Gasteiger partial charge in [0.15, 0.2) is 0 Å². The molecule has 4 nitrogen and oxygen atoms in total. The number of benzene rings is 2. The fourth-order valence-electron chi connectivity index (χ4n) is 3.12. The topological polar surface area (TPSA) is 52.6 Å². The van der Waals surface area contributed by atoms with Gasteiger partial charge in [-0.2, -0.15) is 0 Å². The van der Waals surface area contributed by atoms with E-state index in [2.05, 4.69) is 0 Å². The van der Waals surface area contributed by atoms with Crippen LogP contribution in [0.2, 0.25) is 0 Å². The molecule has 2 rings (SSSR count). The Hall–Kier alpha value is -2.62. The zero-order chi connectivity index (χ0) is 20.6. The Kier molecular flexibility index (Phi) is 11.2. The number of unbranched alkanes of at least 4 members (excludes halogenated alkanes) is 8. The Morgan fingerprint density at radius 3 is 1.14 bits per heavy atom. The Morgan fingerprint density at radius 1 is 0.483 bits per heavy atom. The van der Waals surface area contributed by atoms with E-state index in [0.717, 1.165) is 38.5 Å². The van der Waals surface area contributed by atoms with Crippen molar-refractivity contribution in [2.24, 2.45) is 0 Å². The van der Waals surface area contributed by atoms with Crippen LogP contribution in [0.25, 0.3) is 0 Å². The van der Waals surface area contributed by atoms with Crippen LogP contribution < -0.4 is 9.47 Å². The number of para-hydroxylation sites is 2. The van der Waals surface area contributed by atoms with Crippen LogP contribution in [-0.4, -0.2) is 11.9 Å². The average molecular weight is 397 g/mol. The van der Waals surface area contributed by atoms with Crippen molar-refractivity contribution in [2.45, 2.75) is 70.6 Å². The predicted octanol–water partition coefficient (Wildman–Crippen LogP) is 6.49. The van der Waals surface area contributed by atoms with Crippen molar-refractivity contribution in [3.63, 3.8) is 0 Å². The van der Waals surface area contributed by atoms with E-state index in [9.17, 15) is 9.59 Å². The Morgan fingerprint density at radius 2 is 0.793 bits per heavy atom. The van der Waals surface area contributed by atoms with Crippen LogP contribution in [0.15, 0.2) is 60.7 Å². The molecule has 0 saturated carbocycles. The van der Waals surface area contributed by atoms with E-state index in [1.165, 1.54) is 19.3 Å². The maximum absolute atomic E-state index is 11.7. The minimum Gasteiger partial charge on any atom is -0.427 e. The lowest BCUT2D eigenvalue weighted by Gasteiger charge is -2.05. The third kappa shape index (κ3) is 11.1. The Labute approximate surface area is 174 Å². The molecule has 2 aromatic carbocycles. The van der Waals surface area contributed by atoms with Gasteiger partial charge in [0.1, 0.15) is 11.5 Å². The molecule has 0 N–H and O–H groups in total. The molecule has 0 aliphatic carbocycles. The van der Waals surface area contributed by atoms with E-state index in [-0.39, 0.29) is 11.9 Å². The van der Waals surface area contributed by atoms with Gasteiger partial charge in [-0.3, -0.25) is 9.59 Å². The number of carbonyl (C=O) groups is 2. The van der Waals surface area contributed by atoms with Crippen molar-refractivity contribution in [3.05, 3.63) is 60.7 Å². The molecule has 0 atom stereocenters. The van der Waals surface area contributed by atoms with Crippen LogP contribution >= 0.6 is 0 Å². The molecule has 0 aliphatic rings. The Bertz CT molecular complexity index is 636. The van der Waals surface area contributed by atoms with E-state index in [1.54, 1.807) is 24.3 Å². The molecule has 0 radical (unpaired) electrons. The largest absolute Gasteiger partial charge is 0.427 e. The molecule has 0 unspecified atom stereocenters. The van der Waals surface area contributed by atoms with Crippen LogP contribution in [0.1, 0.15) is 70.6 Å². The maximum Gasteiger partial charge on any atom is 0.311 e. The van der Waals surface area contributed by atoms with Crippen molar-refractivity contribution in [3.8, 4) is 11.5 Å².